The third-order valence-corrected chi connectivity index (χ3v) is 18.1. The molecule has 7 aromatic carbocycles. The Bertz CT molecular complexity index is 5260. The van der Waals surface area contributed by atoms with Gasteiger partial charge < -0.3 is 174 Å². The number of phenolic OH excluding ortho intramolecular Hbond substituents is 19. The number of benzene rings is 7. The number of ether oxygens (including phenoxy) is 12. The molecule has 2 saturated heterocycles. The van der Waals surface area contributed by atoms with Crippen LogP contribution < -0.4 is 9.47 Å². The number of hydrogen-bond donors (Lipinski definition) is 23. The van der Waals surface area contributed by atoms with Crippen molar-refractivity contribution in [1.29, 1.82) is 0 Å². The van der Waals surface area contributed by atoms with E-state index in [0.29, 0.717) is 42.5 Å². The van der Waals surface area contributed by atoms with Crippen LogP contribution in [0.3, 0.4) is 0 Å². The highest BCUT2D eigenvalue weighted by atomic mass is 16.8. The third-order valence-electron chi connectivity index (χ3n) is 18.1. The third kappa shape index (κ3) is 12.6. The highest BCUT2D eigenvalue weighted by Crippen LogP contribution is 2.59. The first kappa shape index (κ1) is 75.5. The average Bonchev–Trinajstić information content (AvgIpc) is 0.751. The zero-order valence-corrected chi connectivity index (χ0v) is 55.1. The standard InChI is InChI=1S/C68H50O44/c69-22-1-14(2-23(70)39(22)79)58(91)101-12-32-46(86)50(90)54(66(104-32)111-59(92)15-3-24(71)40(80)25(72)4-15)108-65(98)21-9-29(76)43(83)49(89)51(21)103-31-10-19-36(48(88)45(31)85)35-17(7-28(75)42(82)47(35)87)62(95)109-55-52-33(13-102-61(19)94)105-67(112-60(93)16-5-26(73)41(81)27(74)6-16)56(55)110-63(96)18-8-30(77)44(84)53-37(18)38-20(64(97)107-52)11-34(78)68(99,100)57(38)106-53/h1-11,32-33,38,46,50,52,54-57,66-67,69-77,79-90,99-100H,12-13H2. The lowest BCUT2D eigenvalue weighted by molar-refractivity contribution is -0.286. The molecule has 0 aromatic heterocycles. The van der Waals surface area contributed by atoms with Gasteiger partial charge in [0.2, 0.25) is 53.2 Å². The summed E-state index contributed by atoms with van der Waals surface area (Å²) in [4.78, 5) is 130. The largest absolute Gasteiger partial charge is 0.504 e. The number of aromatic hydroxyl groups is 19. The van der Waals surface area contributed by atoms with Gasteiger partial charge in [0.05, 0.1) is 44.9 Å². The monoisotopic (exact) mass is 1570 g/mol. The Kier molecular flexibility index (Phi) is 18.5. The number of esters is 8. The molecule has 0 saturated carbocycles. The van der Waals surface area contributed by atoms with E-state index < -0.39 is 334 Å². The molecule has 112 heavy (non-hydrogen) atoms. The minimum absolute atomic E-state index is 0.192. The summed E-state index contributed by atoms with van der Waals surface area (Å²) in [6.45, 7) is -2.76. The lowest BCUT2D eigenvalue weighted by atomic mass is 9.76. The fourth-order valence-electron chi connectivity index (χ4n) is 12.6. The summed E-state index contributed by atoms with van der Waals surface area (Å²) in [6.07, 6.45) is -28.0. The van der Waals surface area contributed by atoms with Crippen molar-refractivity contribution in [1.82, 2.24) is 0 Å². The van der Waals surface area contributed by atoms with Crippen LogP contribution in [0.1, 0.15) is 84.0 Å². The number of aliphatic hydroxyl groups is 4. The second-order valence-corrected chi connectivity index (χ2v) is 25.0. The van der Waals surface area contributed by atoms with Gasteiger partial charge in [-0.2, -0.15) is 0 Å². The molecule has 5 heterocycles. The first-order valence-electron chi connectivity index (χ1n) is 31.5. The fourth-order valence-corrected chi connectivity index (χ4v) is 12.6. The maximum Gasteiger partial charge on any atom is 0.342 e. The van der Waals surface area contributed by atoms with Crippen molar-refractivity contribution >= 4 is 53.5 Å². The summed E-state index contributed by atoms with van der Waals surface area (Å²) in [5.41, 5.74) is -12.3. The van der Waals surface area contributed by atoms with E-state index in [1.807, 2.05) is 0 Å². The van der Waals surface area contributed by atoms with Gasteiger partial charge in [0, 0.05) is 28.8 Å². The van der Waals surface area contributed by atoms with Gasteiger partial charge in [-0.15, -0.1) is 0 Å². The van der Waals surface area contributed by atoms with Gasteiger partial charge in [-0.05, 0) is 54.6 Å². The van der Waals surface area contributed by atoms with Crippen LogP contribution in [0.4, 0.5) is 0 Å². The average molecular weight is 1570 g/mol. The number of cyclic esters (lactones) is 1. The second kappa shape index (κ2) is 27.5. The van der Waals surface area contributed by atoms with Crippen LogP contribution in [0.5, 0.6) is 126 Å². The van der Waals surface area contributed by atoms with Crippen molar-refractivity contribution in [3.63, 3.8) is 0 Å². The van der Waals surface area contributed by atoms with Gasteiger partial charge in [-0.25, -0.2) is 38.4 Å². The van der Waals surface area contributed by atoms with Crippen molar-refractivity contribution in [2.45, 2.75) is 79.2 Å². The molecule has 586 valence electrons. The molecule has 44 heteroatoms. The molecule has 12 unspecified atom stereocenters. The fraction of sp³-hybridized carbons (Fsp3) is 0.221. The van der Waals surface area contributed by atoms with Crippen molar-refractivity contribution in [2.75, 3.05) is 13.2 Å². The maximum atomic E-state index is 15.3. The molecule has 12 atom stereocenters. The van der Waals surface area contributed by atoms with E-state index in [4.69, 9.17) is 56.8 Å². The molecule has 1 aliphatic carbocycles. The van der Waals surface area contributed by atoms with Crippen LogP contribution in [-0.4, -0.2) is 258 Å². The van der Waals surface area contributed by atoms with Gasteiger partial charge in [-0.1, -0.05) is 0 Å². The molecule has 44 nitrogen and oxygen atoms in total. The zero-order chi connectivity index (χ0) is 81.4. The number of rotatable bonds is 11. The van der Waals surface area contributed by atoms with E-state index in [1.165, 1.54) is 0 Å². The molecule has 6 aliphatic rings. The molecule has 0 amide bonds. The Balaban J connectivity index is 0.902. The van der Waals surface area contributed by atoms with Gasteiger partial charge in [0.1, 0.15) is 43.2 Å². The number of fused-ring (bicyclic) bond motifs is 3. The first-order valence-corrected chi connectivity index (χ1v) is 31.5. The van der Waals surface area contributed by atoms with Crippen LogP contribution in [0.15, 0.2) is 72.3 Å². The van der Waals surface area contributed by atoms with E-state index in [9.17, 15) is 151 Å². The molecular weight excluding hydrogens is 1520 g/mol. The van der Waals surface area contributed by atoms with Crippen LogP contribution in [0, 0.1) is 0 Å². The maximum absolute atomic E-state index is 15.3. The molecule has 13 rings (SSSR count). The summed E-state index contributed by atoms with van der Waals surface area (Å²) in [6, 6.07) is 4.28. The summed E-state index contributed by atoms with van der Waals surface area (Å²) in [7, 11) is 0. The number of hydrogen-bond acceptors (Lipinski definition) is 44. The molecule has 0 spiro atoms. The van der Waals surface area contributed by atoms with E-state index in [2.05, 4.69) is 0 Å². The SMILES string of the molecule is O=C1OC2C3COC(=O)c4cc(Oc5c(C(=O)OC6C(OC(=O)c7cc(O)c(O)c(O)c7)OC(COC(=O)c7cc(O)c(O)c(O)c7)C(O)C6O)cc(O)c(O)c5O)c(O)c(O)c4-c4c(cc(O)c(O)c4O)C(=O)OC2C(OC(=O)c2cc(O)c(O)c4c2C2C1=CC(=O)C(O)(O)C2O4)C(OC(=O)c1cc(O)c(O)c(O)c1)O3. The summed E-state index contributed by atoms with van der Waals surface area (Å²) in [5, 5.41) is 250. The Labute approximate surface area is 616 Å². The zero-order valence-electron chi connectivity index (χ0n) is 55.1. The molecule has 0 radical (unpaired) electrons. The van der Waals surface area contributed by atoms with Gasteiger partial charge in [0.15, 0.2) is 122 Å². The Morgan fingerprint density at radius 1 is 0.438 bits per heavy atom. The summed E-state index contributed by atoms with van der Waals surface area (Å²) >= 11 is 0. The topological polar surface area (TPSA) is 730 Å². The highest BCUT2D eigenvalue weighted by molar-refractivity contribution is 6.10. The van der Waals surface area contributed by atoms with Crippen molar-refractivity contribution in [3.8, 4) is 138 Å². The molecule has 2 fully saturated rings. The molecule has 4 bridgehead atoms. The Morgan fingerprint density at radius 2 is 0.911 bits per heavy atom. The predicted molar refractivity (Wildman–Crippen MR) is 341 cm³/mol. The van der Waals surface area contributed by atoms with Crippen molar-refractivity contribution in [2.24, 2.45) is 0 Å². The summed E-state index contributed by atoms with van der Waals surface area (Å²) < 4.78 is 67.3. The lowest BCUT2D eigenvalue weighted by Crippen LogP contribution is -2.63. The number of phenols is 19. The molecule has 7 aromatic rings. The van der Waals surface area contributed by atoms with E-state index >= 15 is 9.59 Å². The minimum atomic E-state index is -3.67. The molecule has 23 N–H and O–H groups in total. The molecular formula is C68H50O44. The van der Waals surface area contributed by atoms with Crippen LogP contribution in [0.2, 0.25) is 0 Å². The predicted octanol–water partition coefficient (Wildman–Crippen LogP) is -0.298. The van der Waals surface area contributed by atoms with Gasteiger partial charge in [-0.3, -0.25) is 4.79 Å². The lowest BCUT2D eigenvalue weighted by Gasteiger charge is -2.44. The number of ketones is 1. The molecule has 5 aliphatic heterocycles. The minimum Gasteiger partial charge on any atom is -0.504 e. The van der Waals surface area contributed by atoms with Crippen LogP contribution in [-0.2, 0) is 57.0 Å². The van der Waals surface area contributed by atoms with Gasteiger partial charge in [0.25, 0.3) is 5.79 Å². The second-order valence-electron chi connectivity index (χ2n) is 25.0. The normalized spacial score (nSPS) is 23.4. The quantitative estimate of drug-likeness (QED) is 0.0342. The Morgan fingerprint density at radius 3 is 1.49 bits per heavy atom. The number of carbonyl (C=O) groups is 9. The highest BCUT2D eigenvalue weighted by Gasteiger charge is 2.62. The van der Waals surface area contributed by atoms with E-state index in [0.717, 1.165) is 0 Å². The van der Waals surface area contributed by atoms with Crippen LogP contribution >= 0.6 is 0 Å². The summed E-state index contributed by atoms with van der Waals surface area (Å²) in [5.74, 6) is -52.4. The number of aliphatic hydroxyl groups excluding tert-OH is 2. The number of carbonyl (C=O) groups excluding carboxylic acids is 9. The van der Waals surface area contributed by atoms with E-state index in [1.54, 1.807) is 0 Å². The van der Waals surface area contributed by atoms with E-state index in [-0.39, 0.29) is 24.3 Å². The van der Waals surface area contributed by atoms with Crippen LogP contribution in [0.25, 0.3) is 11.1 Å². The van der Waals surface area contributed by atoms with Crippen molar-refractivity contribution < 1.29 is 217 Å². The van der Waals surface area contributed by atoms with Crippen molar-refractivity contribution in [3.05, 3.63) is 117 Å². The van der Waals surface area contributed by atoms with Gasteiger partial charge >= 0.3 is 47.8 Å². The Hall–Kier alpha value is -14.7. The first-order chi connectivity index (χ1) is 52.7. The smallest absolute Gasteiger partial charge is 0.342 e.